The third-order valence-corrected chi connectivity index (χ3v) is 3.09. The molecule has 5 heteroatoms. The van der Waals surface area contributed by atoms with Gasteiger partial charge in [0.2, 0.25) is 0 Å². The van der Waals surface area contributed by atoms with E-state index in [0.29, 0.717) is 17.0 Å². The third-order valence-electron chi connectivity index (χ3n) is 3.09. The van der Waals surface area contributed by atoms with E-state index in [4.69, 9.17) is 4.74 Å². The number of aromatic hydroxyl groups is 1. The first-order valence-electron chi connectivity index (χ1n) is 6.04. The second-order valence-corrected chi connectivity index (χ2v) is 4.30. The number of hydrogen-bond acceptors (Lipinski definition) is 4. The molecule has 0 saturated carbocycles. The fraction of sp³-hybridized carbons (Fsp3) is 0.0667. The molecular formula is C15H12N2O3. The number of phenolic OH excluding ortho intramolecular Hbond substituents is 1. The molecule has 0 unspecified atom stereocenters. The van der Waals surface area contributed by atoms with Crippen LogP contribution in [-0.4, -0.2) is 27.6 Å². The number of phenols is 1. The van der Waals surface area contributed by atoms with E-state index >= 15 is 0 Å². The Hall–Kier alpha value is -2.82. The summed E-state index contributed by atoms with van der Waals surface area (Å²) in [6.07, 6.45) is 3.33. The van der Waals surface area contributed by atoms with Crippen LogP contribution in [0.1, 0.15) is 10.4 Å². The minimum Gasteiger partial charge on any atom is -0.507 e. The third kappa shape index (κ3) is 1.89. The molecule has 1 N–H and O–H groups in total. The molecule has 0 spiro atoms. The molecule has 0 amide bonds. The topological polar surface area (TPSA) is 63.8 Å². The largest absolute Gasteiger partial charge is 0.507 e. The zero-order valence-electron chi connectivity index (χ0n) is 10.8. The first-order valence-corrected chi connectivity index (χ1v) is 6.04. The van der Waals surface area contributed by atoms with E-state index in [1.54, 1.807) is 47.1 Å². The van der Waals surface area contributed by atoms with E-state index in [-0.39, 0.29) is 5.75 Å². The van der Waals surface area contributed by atoms with Gasteiger partial charge in [0.05, 0.1) is 30.0 Å². The van der Waals surface area contributed by atoms with Crippen LogP contribution in [0.25, 0.3) is 16.9 Å². The molecule has 2 heterocycles. The summed E-state index contributed by atoms with van der Waals surface area (Å²) < 4.78 is 6.46. The monoisotopic (exact) mass is 268 g/mol. The second kappa shape index (κ2) is 4.70. The predicted molar refractivity (Wildman–Crippen MR) is 73.6 cm³/mol. The Bertz CT molecular complexity index is 793. The van der Waals surface area contributed by atoms with Gasteiger partial charge in [-0.1, -0.05) is 12.1 Å². The van der Waals surface area contributed by atoms with Gasteiger partial charge in [-0.25, -0.2) is 9.78 Å². The fourth-order valence-corrected chi connectivity index (χ4v) is 2.09. The summed E-state index contributed by atoms with van der Waals surface area (Å²) in [5, 5.41) is 9.92. The molecule has 0 aliphatic heterocycles. The van der Waals surface area contributed by atoms with Crippen molar-refractivity contribution in [2.24, 2.45) is 0 Å². The van der Waals surface area contributed by atoms with Crippen molar-refractivity contribution in [2.45, 2.75) is 0 Å². The summed E-state index contributed by atoms with van der Waals surface area (Å²) in [6, 6.07) is 10.4. The van der Waals surface area contributed by atoms with Gasteiger partial charge in [0.1, 0.15) is 11.6 Å². The van der Waals surface area contributed by atoms with Crippen molar-refractivity contribution in [3.63, 3.8) is 0 Å². The maximum absolute atomic E-state index is 11.6. The van der Waals surface area contributed by atoms with Crippen molar-refractivity contribution in [1.29, 1.82) is 0 Å². The zero-order valence-corrected chi connectivity index (χ0v) is 10.8. The number of rotatable bonds is 2. The number of fused-ring (bicyclic) bond motifs is 1. The summed E-state index contributed by atoms with van der Waals surface area (Å²) >= 11 is 0. The summed E-state index contributed by atoms with van der Waals surface area (Å²) in [4.78, 5) is 15.9. The standard InChI is InChI=1S/C15H12N2O3/c1-20-15(19)10-6-7-11-8-16-14(17(11)9-10)12-4-2-3-5-13(12)18/h2-9,18H,1H3. The van der Waals surface area contributed by atoms with Gasteiger partial charge in [-0.2, -0.15) is 0 Å². The molecule has 0 aliphatic rings. The maximum Gasteiger partial charge on any atom is 0.339 e. The Morgan fingerprint density at radius 1 is 1.25 bits per heavy atom. The van der Waals surface area contributed by atoms with Gasteiger partial charge < -0.3 is 9.84 Å². The summed E-state index contributed by atoms with van der Waals surface area (Å²) in [7, 11) is 1.34. The molecular weight excluding hydrogens is 256 g/mol. The van der Waals surface area contributed by atoms with Crippen molar-refractivity contribution >= 4 is 11.5 Å². The van der Waals surface area contributed by atoms with Gasteiger partial charge in [0, 0.05) is 6.20 Å². The number of esters is 1. The molecule has 0 bridgehead atoms. The molecule has 0 aliphatic carbocycles. The number of nitrogens with zero attached hydrogens (tertiary/aromatic N) is 2. The number of ether oxygens (including phenoxy) is 1. The van der Waals surface area contributed by atoms with Crippen molar-refractivity contribution < 1.29 is 14.6 Å². The zero-order chi connectivity index (χ0) is 14.1. The molecule has 0 fully saturated rings. The molecule has 2 aromatic heterocycles. The van der Waals surface area contributed by atoms with Crippen molar-refractivity contribution in [3.05, 3.63) is 54.4 Å². The van der Waals surface area contributed by atoms with Crippen LogP contribution in [0.2, 0.25) is 0 Å². The molecule has 0 radical (unpaired) electrons. The number of aromatic nitrogens is 2. The highest BCUT2D eigenvalue weighted by Crippen LogP contribution is 2.28. The van der Waals surface area contributed by atoms with Crippen LogP contribution >= 0.6 is 0 Å². The Morgan fingerprint density at radius 2 is 2.05 bits per heavy atom. The Labute approximate surface area is 115 Å². The highest BCUT2D eigenvalue weighted by molar-refractivity contribution is 5.89. The van der Waals surface area contributed by atoms with Crippen molar-refractivity contribution in [1.82, 2.24) is 9.38 Å². The van der Waals surface area contributed by atoms with E-state index in [2.05, 4.69) is 4.98 Å². The highest BCUT2D eigenvalue weighted by atomic mass is 16.5. The predicted octanol–water partition coefficient (Wildman–Crippen LogP) is 2.49. The van der Waals surface area contributed by atoms with E-state index in [1.165, 1.54) is 7.11 Å². The number of carbonyl (C=O) groups excluding carboxylic acids is 1. The van der Waals surface area contributed by atoms with E-state index in [9.17, 15) is 9.90 Å². The average molecular weight is 268 g/mol. The van der Waals surface area contributed by atoms with Crippen LogP contribution in [0.5, 0.6) is 5.75 Å². The number of hydrogen-bond donors (Lipinski definition) is 1. The van der Waals surface area contributed by atoms with Crippen LogP contribution in [0.15, 0.2) is 48.8 Å². The number of benzene rings is 1. The molecule has 5 nitrogen and oxygen atoms in total. The van der Waals surface area contributed by atoms with Crippen LogP contribution in [-0.2, 0) is 4.74 Å². The number of para-hydroxylation sites is 1. The smallest absolute Gasteiger partial charge is 0.339 e. The Kier molecular flexibility index (Phi) is 2.87. The van der Waals surface area contributed by atoms with Crippen molar-refractivity contribution in [2.75, 3.05) is 7.11 Å². The first kappa shape index (κ1) is 12.2. The molecule has 3 rings (SSSR count). The molecule has 20 heavy (non-hydrogen) atoms. The average Bonchev–Trinajstić information content (AvgIpc) is 2.90. The Balaban J connectivity index is 2.22. The van der Waals surface area contributed by atoms with Crippen LogP contribution in [0, 0.1) is 0 Å². The van der Waals surface area contributed by atoms with Crippen LogP contribution in [0.3, 0.4) is 0 Å². The number of carbonyl (C=O) groups is 1. The van der Waals surface area contributed by atoms with Crippen LogP contribution in [0.4, 0.5) is 0 Å². The fourth-order valence-electron chi connectivity index (χ4n) is 2.09. The second-order valence-electron chi connectivity index (χ2n) is 4.30. The number of pyridine rings is 1. The first-order chi connectivity index (χ1) is 9.70. The van der Waals surface area contributed by atoms with Crippen molar-refractivity contribution in [3.8, 4) is 17.1 Å². The lowest BCUT2D eigenvalue weighted by Crippen LogP contribution is -2.03. The SMILES string of the molecule is COC(=O)c1ccc2cnc(-c3ccccc3O)n2c1. The lowest BCUT2D eigenvalue weighted by atomic mass is 10.2. The van der Waals surface area contributed by atoms with E-state index in [0.717, 1.165) is 5.52 Å². The van der Waals surface area contributed by atoms with Gasteiger partial charge in [-0.05, 0) is 24.3 Å². The van der Waals surface area contributed by atoms with Gasteiger partial charge >= 0.3 is 5.97 Å². The van der Waals surface area contributed by atoms with Gasteiger partial charge in [0.15, 0.2) is 0 Å². The molecule has 1 aromatic carbocycles. The van der Waals surface area contributed by atoms with Gasteiger partial charge in [-0.3, -0.25) is 4.40 Å². The molecule has 0 atom stereocenters. The lowest BCUT2D eigenvalue weighted by molar-refractivity contribution is 0.0600. The number of methoxy groups -OCH3 is 1. The summed E-state index contributed by atoms with van der Waals surface area (Å²) in [5.74, 6) is 0.302. The highest BCUT2D eigenvalue weighted by Gasteiger charge is 2.12. The summed E-state index contributed by atoms with van der Waals surface area (Å²) in [5.41, 5.74) is 1.86. The molecule has 3 aromatic rings. The quantitative estimate of drug-likeness (QED) is 0.725. The molecule has 0 saturated heterocycles. The normalized spacial score (nSPS) is 10.7. The lowest BCUT2D eigenvalue weighted by Gasteiger charge is -2.05. The van der Waals surface area contributed by atoms with E-state index < -0.39 is 5.97 Å². The van der Waals surface area contributed by atoms with Gasteiger partial charge in [-0.15, -0.1) is 0 Å². The minimum atomic E-state index is -0.413. The Morgan fingerprint density at radius 3 is 2.80 bits per heavy atom. The summed E-state index contributed by atoms with van der Waals surface area (Å²) in [6.45, 7) is 0. The number of imidazole rings is 1. The maximum atomic E-state index is 11.6. The van der Waals surface area contributed by atoms with Crippen LogP contribution < -0.4 is 0 Å². The van der Waals surface area contributed by atoms with E-state index in [1.807, 2.05) is 6.07 Å². The molecule has 100 valence electrons. The minimum absolute atomic E-state index is 0.142. The van der Waals surface area contributed by atoms with Gasteiger partial charge in [0.25, 0.3) is 0 Å².